The van der Waals surface area contributed by atoms with Crippen LogP contribution in [0.15, 0.2) is 0 Å². The van der Waals surface area contributed by atoms with E-state index in [4.69, 9.17) is 9.84 Å². The van der Waals surface area contributed by atoms with Gasteiger partial charge in [0.15, 0.2) is 0 Å². The molecule has 108 valence electrons. The largest absolute Gasteiger partial charge is 0.394 e. The molecule has 0 saturated carbocycles. The molecule has 1 aliphatic heterocycles. The van der Waals surface area contributed by atoms with E-state index in [-0.39, 0.29) is 17.7 Å². The third-order valence-electron chi connectivity index (χ3n) is 4.92. The molecule has 3 nitrogen and oxygen atoms in total. The minimum atomic E-state index is 0.125. The molecule has 1 heterocycles. The molecule has 0 aromatic carbocycles. The average molecular weight is 257 g/mol. The van der Waals surface area contributed by atoms with Crippen LogP contribution in [0.4, 0.5) is 0 Å². The maximum absolute atomic E-state index is 8.95. The van der Waals surface area contributed by atoms with E-state index in [1.165, 1.54) is 0 Å². The molecule has 3 heteroatoms. The van der Waals surface area contributed by atoms with Gasteiger partial charge in [-0.15, -0.1) is 0 Å². The Morgan fingerprint density at radius 1 is 1.00 bits per heavy atom. The van der Waals surface area contributed by atoms with Crippen LogP contribution in [0.3, 0.4) is 0 Å². The smallest absolute Gasteiger partial charge is 0.0701 e. The molecule has 0 radical (unpaired) electrons. The quantitative estimate of drug-likeness (QED) is 0.737. The lowest BCUT2D eigenvalue weighted by molar-refractivity contribution is -0.0511. The maximum Gasteiger partial charge on any atom is 0.0701 e. The third-order valence-corrected chi connectivity index (χ3v) is 4.92. The molecule has 1 aliphatic rings. The molecule has 1 saturated heterocycles. The molecule has 0 aliphatic carbocycles. The molecule has 0 bridgehead atoms. The van der Waals surface area contributed by atoms with E-state index in [1.807, 2.05) is 0 Å². The number of piperidine rings is 1. The maximum atomic E-state index is 8.95. The fraction of sp³-hybridized carbons (Fsp3) is 1.00. The van der Waals surface area contributed by atoms with Crippen molar-refractivity contribution in [1.29, 1.82) is 0 Å². The van der Waals surface area contributed by atoms with Crippen LogP contribution in [0.2, 0.25) is 0 Å². The summed E-state index contributed by atoms with van der Waals surface area (Å²) in [4.78, 5) is 0. The van der Waals surface area contributed by atoms with Gasteiger partial charge in [0.2, 0.25) is 0 Å². The van der Waals surface area contributed by atoms with Crippen molar-refractivity contribution in [2.45, 2.75) is 83.4 Å². The fourth-order valence-electron chi connectivity index (χ4n) is 3.38. The zero-order valence-corrected chi connectivity index (χ0v) is 12.6. The average Bonchev–Trinajstić information content (AvgIpc) is 2.44. The van der Waals surface area contributed by atoms with Crippen LogP contribution < -0.4 is 5.32 Å². The van der Waals surface area contributed by atoms with Crippen molar-refractivity contribution in [1.82, 2.24) is 5.32 Å². The predicted molar refractivity (Wildman–Crippen MR) is 75.8 cm³/mol. The first-order chi connectivity index (χ1) is 8.59. The number of rotatable bonds is 7. The van der Waals surface area contributed by atoms with Gasteiger partial charge in [-0.2, -0.15) is 0 Å². The first kappa shape index (κ1) is 15.9. The number of nitrogens with one attached hydrogen (secondary N) is 1. The Balaban J connectivity index is 2.84. The first-order valence-corrected chi connectivity index (χ1v) is 7.61. The van der Waals surface area contributed by atoms with Crippen molar-refractivity contribution < 1.29 is 9.84 Å². The van der Waals surface area contributed by atoms with Gasteiger partial charge in [0.1, 0.15) is 0 Å². The summed E-state index contributed by atoms with van der Waals surface area (Å²) >= 11 is 0. The summed E-state index contributed by atoms with van der Waals surface area (Å²) in [7, 11) is 0. The molecule has 0 atom stereocenters. The normalized spacial score (nSPS) is 23.2. The lowest BCUT2D eigenvalue weighted by atomic mass is 9.72. The van der Waals surface area contributed by atoms with Gasteiger partial charge >= 0.3 is 0 Å². The molecular weight excluding hydrogens is 226 g/mol. The minimum Gasteiger partial charge on any atom is -0.394 e. The van der Waals surface area contributed by atoms with Gasteiger partial charge in [-0.25, -0.2) is 0 Å². The van der Waals surface area contributed by atoms with Crippen LogP contribution >= 0.6 is 0 Å². The van der Waals surface area contributed by atoms with Crippen molar-refractivity contribution in [3.05, 3.63) is 0 Å². The van der Waals surface area contributed by atoms with Crippen molar-refractivity contribution in [2.24, 2.45) is 0 Å². The summed E-state index contributed by atoms with van der Waals surface area (Å²) in [6.07, 6.45) is 7.00. The Hall–Kier alpha value is -0.120. The monoisotopic (exact) mass is 257 g/mol. The van der Waals surface area contributed by atoms with Crippen LogP contribution in [0, 0.1) is 0 Å². The molecule has 0 amide bonds. The van der Waals surface area contributed by atoms with Gasteiger partial charge in [-0.3, -0.25) is 0 Å². The van der Waals surface area contributed by atoms with Crippen LogP contribution in [0.25, 0.3) is 0 Å². The first-order valence-electron chi connectivity index (χ1n) is 7.61. The SMILES string of the molecule is CCC1(CC)CC(OCCO)CC(CC)(CC)N1. The molecule has 2 N–H and O–H groups in total. The summed E-state index contributed by atoms with van der Waals surface area (Å²) in [6, 6.07) is 0. The molecular formula is C15H31NO2. The molecule has 18 heavy (non-hydrogen) atoms. The zero-order chi connectivity index (χ0) is 13.6. The molecule has 0 unspecified atom stereocenters. The van der Waals surface area contributed by atoms with Gasteiger partial charge in [0, 0.05) is 11.1 Å². The highest BCUT2D eigenvalue weighted by molar-refractivity contribution is 5.04. The summed E-state index contributed by atoms with van der Waals surface area (Å²) in [5, 5.41) is 12.9. The van der Waals surface area contributed by atoms with Gasteiger partial charge in [-0.1, -0.05) is 27.7 Å². The molecule has 0 aromatic rings. The number of hydrogen-bond donors (Lipinski definition) is 2. The second-order valence-electron chi connectivity index (χ2n) is 5.72. The highest BCUT2D eigenvalue weighted by Gasteiger charge is 2.44. The highest BCUT2D eigenvalue weighted by atomic mass is 16.5. The Kier molecular flexibility index (Phi) is 6.09. The van der Waals surface area contributed by atoms with E-state index < -0.39 is 0 Å². The fourth-order valence-corrected chi connectivity index (χ4v) is 3.38. The van der Waals surface area contributed by atoms with E-state index >= 15 is 0 Å². The van der Waals surface area contributed by atoms with Crippen LogP contribution in [0.5, 0.6) is 0 Å². The molecule has 1 fully saturated rings. The Labute approximate surface area is 112 Å². The van der Waals surface area contributed by atoms with Crippen LogP contribution in [-0.4, -0.2) is 35.5 Å². The zero-order valence-electron chi connectivity index (χ0n) is 12.6. The minimum absolute atomic E-state index is 0.125. The van der Waals surface area contributed by atoms with Crippen molar-refractivity contribution in [3.8, 4) is 0 Å². The van der Waals surface area contributed by atoms with E-state index in [9.17, 15) is 0 Å². The second kappa shape index (κ2) is 6.88. The van der Waals surface area contributed by atoms with E-state index in [1.54, 1.807) is 0 Å². The van der Waals surface area contributed by atoms with Crippen LogP contribution in [0.1, 0.15) is 66.2 Å². The van der Waals surface area contributed by atoms with E-state index in [0.29, 0.717) is 12.7 Å². The summed E-state index contributed by atoms with van der Waals surface area (Å²) < 4.78 is 5.86. The van der Waals surface area contributed by atoms with Gasteiger partial charge in [0.25, 0.3) is 0 Å². The van der Waals surface area contributed by atoms with E-state index in [2.05, 4.69) is 33.0 Å². The molecule has 1 rings (SSSR count). The van der Waals surface area contributed by atoms with Gasteiger partial charge < -0.3 is 15.2 Å². The van der Waals surface area contributed by atoms with Crippen molar-refractivity contribution in [3.63, 3.8) is 0 Å². The lowest BCUT2D eigenvalue weighted by Crippen LogP contribution is -2.64. The number of aliphatic hydroxyl groups is 1. The summed E-state index contributed by atoms with van der Waals surface area (Å²) in [5.41, 5.74) is 0.425. The third kappa shape index (κ3) is 3.46. The Bertz CT molecular complexity index is 215. The number of ether oxygens (including phenoxy) is 1. The Morgan fingerprint density at radius 2 is 1.44 bits per heavy atom. The Morgan fingerprint density at radius 3 is 1.78 bits per heavy atom. The van der Waals surface area contributed by atoms with Gasteiger partial charge in [-0.05, 0) is 38.5 Å². The molecule has 0 spiro atoms. The predicted octanol–water partition coefficient (Wildman–Crippen LogP) is 2.86. The molecule has 0 aromatic heterocycles. The summed E-state index contributed by atoms with van der Waals surface area (Å²) in [5.74, 6) is 0. The van der Waals surface area contributed by atoms with Gasteiger partial charge in [0.05, 0.1) is 19.3 Å². The number of hydrogen-bond acceptors (Lipinski definition) is 3. The highest BCUT2D eigenvalue weighted by Crippen LogP contribution is 2.38. The standard InChI is InChI=1S/C15H31NO2/c1-5-14(6-2)11-13(18-10-9-17)12-15(7-3,8-4)16-14/h13,16-17H,5-12H2,1-4H3. The summed E-state index contributed by atoms with van der Waals surface area (Å²) in [6.45, 7) is 9.65. The topological polar surface area (TPSA) is 41.5 Å². The van der Waals surface area contributed by atoms with Crippen molar-refractivity contribution >= 4 is 0 Å². The number of aliphatic hydroxyl groups excluding tert-OH is 1. The van der Waals surface area contributed by atoms with E-state index in [0.717, 1.165) is 38.5 Å². The van der Waals surface area contributed by atoms with Crippen molar-refractivity contribution in [2.75, 3.05) is 13.2 Å². The lowest BCUT2D eigenvalue weighted by Gasteiger charge is -2.52. The van der Waals surface area contributed by atoms with Crippen LogP contribution in [-0.2, 0) is 4.74 Å². The second-order valence-corrected chi connectivity index (χ2v) is 5.72.